The monoisotopic (exact) mass is 295 g/mol. The summed E-state index contributed by atoms with van der Waals surface area (Å²) in [5.74, 6) is 1.52. The largest absolute Gasteiger partial charge is 0.440 e. The van der Waals surface area contributed by atoms with Crippen molar-refractivity contribution in [3.05, 3.63) is 60.0 Å². The minimum atomic E-state index is 0.689. The molecule has 3 rings (SSSR count). The summed E-state index contributed by atoms with van der Waals surface area (Å²) in [6, 6.07) is 16.8. The van der Waals surface area contributed by atoms with Crippen molar-refractivity contribution in [2.45, 2.75) is 20.3 Å². The number of nitrogens with zero attached hydrogens (tertiary/aromatic N) is 1. The first kappa shape index (κ1) is 14.0. The van der Waals surface area contributed by atoms with Crippen LogP contribution < -0.4 is 5.30 Å². The highest BCUT2D eigenvalue weighted by Crippen LogP contribution is 2.32. The molecular weight excluding hydrogens is 277 g/mol. The molecule has 1 unspecified atom stereocenters. The molecule has 0 aliphatic rings. The lowest BCUT2D eigenvalue weighted by Crippen LogP contribution is -1.89. The molecule has 0 saturated heterocycles. The molecule has 0 aliphatic carbocycles. The Bertz CT molecular complexity index is 742. The first-order valence-corrected chi connectivity index (χ1v) is 7.67. The van der Waals surface area contributed by atoms with E-state index in [4.69, 9.17) is 4.42 Å². The zero-order chi connectivity index (χ0) is 14.8. The summed E-state index contributed by atoms with van der Waals surface area (Å²) >= 11 is 0. The second-order valence-electron chi connectivity index (χ2n) is 5.08. The Morgan fingerprint density at radius 1 is 0.952 bits per heavy atom. The SMILES string of the molecule is CCc1ccc(-c2nc(C)oc2-c2ccc(P)cc2)cc1. The summed E-state index contributed by atoms with van der Waals surface area (Å²) < 4.78 is 5.83. The number of benzene rings is 2. The van der Waals surface area contributed by atoms with Gasteiger partial charge in [-0.15, -0.1) is 9.24 Å². The molecule has 2 aromatic carbocycles. The van der Waals surface area contributed by atoms with Crippen LogP contribution in [-0.4, -0.2) is 4.98 Å². The fourth-order valence-electron chi connectivity index (χ4n) is 2.35. The van der Waals surface area contributed by atoms with Crippen LogP contribution in [0.3, 0.4) is 0 Å². The quantitative estimate of drug-likeness (QED) is 0.670. The Hall–Kier alpha value is -1.92. The molecule has 1 heterocycles. The average Bonchev–Trinajstić information content (AvgIpc) is 2.90. The molecule has 3 heteroatoms. The highest BCUT2D eigenvalue weighted by Gasteiger charge is 2.14. The van der Waals surface area contributed by atoms with Gasteiger partial charge in [-0.1, -0.05) is 55.5 Å². The Morgan fingerprint density at radius 2 is 1.57 bits per heavy atom. The lowest BCUT2D eigenvalue weighted by Gasteiger charge is -2.03. The predicted molar refractivity (Wildman–Crippen MR) is 90.8 cm³/mol. The van der Waals surface area contributed by atoms with Crippen molar-refractivity contribution < 1.29 is 4.42 Å². The molecule has 0 amide bonds. The summed E-state index contributed by atoms with van der Waals surface area (Å²) in [5.41, 5.74) is 4.38. The van der Waals surface area contributed by atoms with Crippen LogP contribution in [0.2, 0.25) is 0 Å². The average molecular weight is 295 g/mol. The lowest BCUT2D eigenvalue weighted by molar-refractivity contribution is 0.534. The van der Waals surface area contributed by atoms with E-state index in [1.807, 2.05) is 6.92 Å². The number of rotatable bonds is 3. The van der Waals surface area contributed by atoms with Crippen molar-refractivity contribution in [1.82, 2.24) is 4.98 Å². The maximum Gasteiger partial charge on any atom is 0.192 e. The summed E-state index contributed by atoms with van der Waals surface area (Å²) in [6.45, 7) is 4.04. The van der Waals surface area contributed by atoms with Gasteiger partial charge in [-0.2, -0.15) is 0 Å². The third kappa shape index (κ3) is 2.91. The lowest BCUT2D eigenvalue weighted by atomic mass is 10.0. The Kier molecular flexibility index (Phi) is 3.90. The van der Waals surface area contributed by atoms with Crippen LogP contribution in [0.15, 0.2) is 52.9 Å². The topological polar surface area (TPSA) is 26.0 Å². The standard InChI is InChI=1S/C18H18NOP/c1-3-13-4-6-14(7-5-13)17-18(20-12(2)19-17)15-8-10-16(21)11-9-15/h4-11H,3,21H2,1-2H3. The summed E-state index contributed by atoms with van der Waals surface area (Å²) in [5, 5.41) is 1.16. The van der Waals surface area contributed by atoms with Gasteiger partial charge in [0.05, 0.1) is 0 Å². The van der Waals surface area contributed by atoms with Crippen LogP contribution in [-0.2, 0) is 6.42 Å². The molecule has 0 spiro atoms. The molecule has 1 atom stereocenters. The Morgan fingerprint density at radius 3 is 2.19 bits per heavy atom. The second-order valence-corrected chi connectivity index (χ2v) is 5.75. The second kappa shape index (κ2) is 5.83. The molecule has 3 aromatic rings. The van der Waals surface area contributed by atoms with Gasteiger partial charge in [0.25, 0.3) is 0 Å². The van der Waals surface area contributed by atoms with E-state index < -0.39 is 0 Å². The van der Waals surface area contributed by atoms with Gasteiger partial charge in [0.15, 0.2) is 11.7 Å². The van der Waals surface area contributed by atoms with Crippen molar-refractivity contribution in [2.75, 3.05) is 0 Å². The first-order valence-electron chi connectivity index (χ1n) is 7.10. The maximum atomic E-state index is 5.83. The maximum absolute atomic E-state index is 5.83. The molecule has 106 valence electrons. The van der Waals surface area contributed by atoms with E-state index >= 15 is 0 Å². The van der Waals surface area contributed by atoms with Crippen LogP contribution >= 0.6 is 9.24 Å². The molecule has 0 aliphatic heterocycles. The molecular formula is C18H18NOP. The fourth-order valence-corrected chi connectivity index (χ4v) is 2.54. The van der Waals surface area contributed by atoms with E-state index in [0.717, 1.165) is 34.3 Å². The number of aromatic nitrogens is 1. The van der Waals surface area contributed by atoms with E-state index in [1.54, 1.807) is 0 Å². The van der Waals surface area contributed by atoms with E-state index in [-0.39, 0.29) is 0 Å². The molecule has 0 saturated carbocycles. The summed E-state index contributed by atoms with van der Waals surface area (Å²) in [6.07, 6.45) is 1.04. The van der Waals surface area contributed by atoms with E-state index in [1.165, 1.54) is 5.56 Å². The molecule has 0 N–H and O–H groups in total. The summed E-state index contributed by atoms with van der Waals surface area (Å²) in [4.78, 5) is 4.56. The van der Waals surface area contributed by atoms with Crippen LogP contribution in [0.4, 0.5) is 0 Å². The minimum Gasteiger partial charge on any atom is -0.440 e. The van der Waals surface area contributed by atoms with Gasteiger partial charge in [-0.05, 0) is 17.3 Å². The molecule has 0 bridgehead atoms. The van der Waals surface area contributed by atoms with Gasteiger partial charge < -0.3 is 4.42 Å². The first-order chi connectivity index (χ1) is 10.2. The fraction of sp³-hybridized carbons (Fsp3) is 0.167. The van der Waals surface area contributed by atoms with Crippen molar-refractivity contribution >= 4 is 14.5 Å². The van der Waals surface area contributed by atoms with Crippen LogP contribution in [0.25, 0.3) is 22.6 Å². The zero-order valence-electron chi connectivity index (χ0n) is 12.3. The van der Waals surface area contributed by atoms with Crippen LogP contribution in [0, 0.1) is 6.92 Å². The van der Waals surface area contributed by atoms with E-state index in [9.17, 15) is 0 Å². The molecule has 2 nitrogen and oxygen atoms in total. The normalized spacial score (nSPS) is 10.8. The number of hydrogen-bond acceptors (Lipinski definition) is 2. The van der Waals surface area contributed by atoms with Crippen molar-refractivity contribution in [1.29, 1.82) is 0 Å². The number of oxazole rings is 1. The zero-order valence-corrected chi connectivity index (χ0v) is 13.4. The van der Waals surface area contributed by atoms with Gasteiger partial charge in [0.2, 0.25) is 0 Å². The third-order valence-corrected chi connectivity index (χ3v) is 3.93. The highest BCUT2D eigenvalue weighted by molar-refractivity contribution is 7.27. The minimum absolute atomic E-state index is 0.689. The third-order valence-electron chi connectivity index (χ3n) is 3.54. The van der Waals surface area contributed by atoms with Crippen molar-refractivity contribution in [3.8, 4) is 22.6 Å². The smallest absolute Gasteiger partial charge is 0.192 e. The van der Waals surface area contributed by atoms with Gasteiger partial charge >= 0.3 is 0 Å². The molecule has 21 heavy (non-hydrogen) atoms. The van der Waals surface area contributed by atoms with E-state index in [0.29, 0.717) is 5.89 Å². The summed E-state index contributed by atoms with van der Waals surface area (Å²) in [7, 11) is 2.69. The molecule has 1 aromatic heterocycles. The molecule has 0 radical (unpaired) electrons. The number of hydrogen-bond donors (Lipinski definition) is 0. The van der Waals surface area contributed by atoms with Gasteiger partial charge in [0, 0.05) is 18.1 Å². The van der Waals surface area contributed by atoms with Crippen LogP contribution in [0.1, 0.15) is 18.4 Å². The highest BCUT2D eigenvalue weighted by atomic mass is 31.0. The van der Waals surface area contributed by atoms with Crippen molar-refractivity contribution in [3.63, 3.8) is 0 Å². The van der Waals surface area contributed by atoms with E-state index in [2.05, 4.69) is 69.7 Å². The van der Waals surface area contributed by atoms with Gasteiger partial charge in [-0.25, -0.2) is 4.98 Å². The van der Waals surface area contributed by atoms with Gasteiger partial charge in [0.1, 0.15) is 5.69 Å². The Labute approximate surface area is 127 Å². The predicted octanol–water partition coefficient (Wildman–Crippen LogP) is 4.38. The Balaban J connectivity index is 2.08. The van der Waals surface area contributed by atoms with Crippen molar-refractivity contribution in [2.24, 2.45) is 0 Å². The van der Waals surface area contributed by atoms with Gasteiger partial charge in [-0.3, -0.25) is 0 Å². The number of aryl methyl sites for hydroxylation is 2. The molecule has 0 fully saturated rings. The van der Waals surface area contributed by atoms with Crippen LogP contribution in [0.5, 0.6) is 0 Å².